The average molecular weight is 298 g/mol. The van der Waals surface area contributed by atoms with Crippen LogP contribution in [0.2, 0.25) is 0 Å². The highest BCUT2D eigenvalue weighted by Gasteiger charge is 2.17. The lowest BCUT2D eigenvalue weighted by atomic mass is 10.0. The summed E-state index contributed by atoms with van der Waals surface area (Å²) in [6, 6.07) is 12.6. The molecule has 0 aliphatic carbocycles. The normalized spacial score (nSPS) is 11.0. The van der Waals surface area contributed by atoms with Gasteiger partial charge in [0.1, 0.15) is 11.5 Å². The number of aliphatic hydroxyl groups excluding tert-OH is 1. The van der Waals surface area contributed by atoms with Gasteiger partial charge in [-0.1, -0.05) is 30.3 Å². The minimum absolute atomic E-state index is 0.0178. The highest BCUT2D eigenvalue weighted by molar-refractivity contribution is 6.13. The number of hydrogen-bond acceptors (Lipinski definition) is 4. The molecular formula is C17H14O5. The summed E-state index contributed by atoms with van der Waals surface area (Å²) in [5.41, 5.74) is 0.276. The van der Waals surface area contributed by atoms with Crippen LogP contribution in [0, 0.1) is 0 Å². The number of carbonyl (C=O) groups excluding carboxylic acids is 1. The number of carboxylic acids is 1. The summed E-state index contributed by atoms with van der Waals surface area (Å²) in [5.74, 6) is -1.72. The summed E-state index contributed by atoms with van der Waals surface area (Å²) in [4.78, 5) is 23.5. The van der Waals surface area contributed by atoms with Crippen LogP contribution < -0.4 is 4.74 Å². The molecule has 2 aromatic rings. The van der Waals surface area contributed by atoms with Gasteiger partial charge in [0.2, 0.25) is 0 Å². The quantitative estimate of drug-likeness (QED) is 0.503. The van der Waals surface area contributed by atoms with Gasteiger partial charge < -0.3 is 14.9 Å². The van der Waals surface area contributed by atoms with E-state index in [0.717, 1.165) is 6.08 Å². The average Bonchev–Trinajstić information content (AvgIpc) is 2.54. The van der Waals surface area contributed by atoms with Gasteiger partial charge in [0.05, 0.1) is 12.7 Å². The molecule has 0 aliphatic heterocycles. The molecule has 2 N–H and O–H groups in total. The van der Waals surface area contributed by atoms with Crippen molar-refractivity contribution in [1.82, 2.24) is 0 Å². The van der Waals surface area contributed by atoms with Crippen LogP contribution in [-0.4, -0.2) is 29.1 Å². The van der Waals surface area contributed by atoms with Gasteiger partial charge in [-0.05, 0) is 18.2 Å². The Kier molecular flexibility index (Phi) is 4.58. The number of carboxylic acid groups (broad SMARTS) is 1. The van der Waals surface area contributed by atoms with E-state index in [0.29, 0.717) is 11.3 Å². The van der Waals surface area contributed by atoms with Gasteiger partial charge in [0.15, 0.2) is 5.78 Å². The Bertz CT molecular complexity index is 732. The van der Waals surface area contributed by atoms with E-state index < -0.39 is 11.8 Å². The molecule has 2 aromatic carbocycles. The van der Waals surface area contributed by atoms with Gasteiger partial charge in [-0.3, -0.25) is 4.79 Å². The molecule has 112 valence electrons. The molecule has 0 aliphatic rings. The van der Waals surface area contributed by atoms with Crippen LogP contribution in [0.15, 0.2) is 54.6 Å². The number of hydrogen-bond donors (Lipinski definition) is 2. The van der Waals surface area contributed by atoms with Crippen molar-refractivity contribution in [2.24, 2.45) is 0 Å². The van der Waals surface area contributed by atoms with Crippen LogP contribution in [0.5, 0.6) is 5.75 Å². The minimum atomic E-state index is -1.24. The molecule has 5 nitrogen and oxygen atoms in total. The topological polar surface area (TPSA) is 83.8 Å². The van der Waals surface area contributed by atoms with Crippen LogP contribution in [0.1, 0.15) is 26.3 Å². The summed E-state index contributed by atoms with van der Waals surface area (Å²) < 4.78 is 4.95. The highest BCUT2D eigenvalue weighted by atomic mass is 16.5. The van der Waals surface area contributed by atoms with Crippen molar-refractivity contribution in [3.05, 3.63) is 71.3 Å². The predicted octanol–water partition coefficient (Wildman–Crippen LogP) is 3.18. The molecule has 0 bridgehead atoms. The number of allylic oxidation sites excluding steroid dienone is 1. The standard InChI is InChI=1S/C17H14O5/c1-22-12-7-8-13(14(9-12)17(20)21)16(19)10-15(18)11-5-3-2-4-6-11/h2-10,18H,1H3,(H,20,21). The van der Waals surface area contributed by atoms with E-state index in [9.17, 15) is 19.8 Å². The first-order chi connectivity index (χ1) is 10.5. The van der Waals surface area contributed by atoms with Crippen molar-refractivity contribution in [3.8, 4) is 5.75 Å². The Hall–Kier alpha value is -3.08. The molecule has 2 rings (SSSR count). The van der Waals surface area contributed by atoms with Crippen LogP contribution in [0.3, 0.4) is 0 Å². The molecule has 0 fully saturated rings. The number of methoxy groups -OCH3 is 1. The Balaban J connectivity index is 2.39. The second kappa shape index (κ2) is 6.58. The first-order valence-electron chi connectivity index (χ1n) is 6.44. The lowest BCUT2D eigenvalue weighted by Gasteiger charge is -2.06. The van der Waals surface area contributed by atoms with E-state index in [-0.39, 0.29) is 16.9 Å². The molecule has 0 unspecified atom stereocenters. The van der Waals surface area contributed by atoms with Crippen LogP contribution in [0.25, 0.3) is 5.76 Å². The molecule has 22 heavy (non-hydrogen) atoms. The largest absolute Gasteiger partial charge is 0.507 e. The first kappa shape index (κ1) is 15.3. The Labute approximate surface area is 127 Å². The highest BCUT2D eigenvalue weighted by Crippen LogP contribution is 2.20. The lowest BCUT2D eigenvalue weighted by Crippen LogP contribution is -2.07. The zero-order valence-electron chi connectivity index (χ0n) is 11.8. The fourth-order valence-electron chi connectivity index (χ4n) is 1.94. The van der Waals surface area contributed by atoms with Gasteiger partial charge >= 0.3 is 5.97 Å². The molecule has 0 radical (unpaired) electrons. The number of ether oxygens (including phenoxy) is 1. The van der Waals surface area contributed by atoms with Gasteiger partial charge in [-0.2, -0.15) is 0 Å². The fraction of sp³-hybridized carbons (Fsp3) is 0.0588. The molecule has 0 atom stereocenters. The van der Waals surface area contributed by atoms with E-state index in [1.807, 2.05) is 0 Å². The Morgan fingerprint density at radius 2 is 1.68 bits per heavy atom. The maximum absolute atomic E-state index is 12.2. The van der Waals surface area contributed by atoms with E-state index in [2.05, 4.69) is 0 Å². The Morgan fingerprint density at radius 3 is 2.27 bits per heavy atom. The van der Waals surface area contributed by atoms with E-state index in [1.165, 1.54) is 25.3 Å². The molecular weight excluding hydrogens is 284 g/mol. The molecule has 0 aromatic heterocycles. The van der Waals surface area contributed by atoms with Gasteiger partial charge in [0, 0.05) is 17.2 Å². The van der Waals surface area contributed by atoms with Crippen molar-refractivity contribution < 1.29 is 24.5 Å². The number of aliphatic hydroxyl groups is 1. The zero-order valence-corrected chi connectivity index (χ0v) is 11.8. The first-order valence-corrected chi connectivity index (χ1v) is 6.44. The predicted molar refractivity (Wildman–Crippen MR) is 81.3 cm³/mol. The molecule has 5 heteroatoms. The third-order valence-electron chi connectivity index (χ3n) is 3.06. The maximum Gasteiger partial charge on any atom is 0.336 e. The second-order valence-electron chi connectivity index (χ2n) is 4.48. The van der Waals surface area contributed by atoms with Crippen LogP contribution in [0.4, 0.5) is 0 Å². The van der Waals surface area contributed by atoms with Crippen LogP contribution in [-0.2, 0) is 0 Å². The molecule has 0 spiro atoms. The fourth-order valence-corrected chi connectivity index (χ4v) is 1.94. The van der Waals surface area contributed by atoms with Crippen LogP contribution >= 0.6 is 0 Å². The summed E-state index contributed by atoms with van der Waals surface area (Å²) >= 11 is 0. The van der Waals surface area contributed by atoms with Gasteiger partial charge in [0.25, 0.3) is 0 Å². The smallest absolute Gasteiger partial charge is 0.336 e. The molecule has 0 amide bonds. The van der Waals surface area contributed by atoms with E-state index in [4.69, 9.17) is 4.74 Å². The molecule has 0 saturated heterocycles. The number of carbonyl (C=O) groups is 2. The summed E-state index contributed by atoms with van der Waals surface area (Å²) in [7, 11) is 1.41. The number of benzene rings is 2. The third kappa shape index (κ3) is 3.32. The van der Waals surface area contributed by atoms with Crippen molar-refractivity contribution in [1.29, 1.82) is 0 Å². The van der Waals surface area contributed by atoms with E-state index in [1.54, 1.807) is 30.3 Å². The van der Waals surface area contributed by atoms with Gasteiger partial charge in [-0.15, -0.1) is 0 Å². The van der Waals surface area contributed by atoms with E-state index >= 15 is 0 Å². The summed E-state index contributed by atoms with van der Waals surface area (Å²) in [5, 5.41) is 19.1. The number of ketones is 1. The van der Waals surface area contributed by atoms with Crippen molar-refractivity contribution in [2.75, 3.05) is 7.11 Å². The minimum Gasteiger partial charge on any atom is -0.507 e. The van der Waals surface area contributed by atoms with Crippen molar-refractivity contribution in [2.45, 2.75) is 0 Å². The monoisotopic (exact) mass is 298 g/mol. The summed E-state index contributed by atoms with van der Waals surface area (Å²) in [6.07, 6.45) is 1.00. The molecule has 0 heterocycles. The van der Waals surface area contributed by atoms with Crippen molar-refractivity contribution in [3.63, 3.8) is 0 Å². The SMILES string of the molecule is COc1ccc(C(=O)C=C(O)c2ccccc2)c(C(=O)O)c1. The lowest BCUT2D eigenvalue weighted by molar-refractivity contribution is 0.0692. The van der Waals surface area contributed by atoms with Gasteiger partial charge in [-0.25, -0.2) is 4.79 Å². The summed E-state index contributed by atoms with van der Waals surface area (Å²) in [6.45, 7) is 0. The Morgan fingerprint density at radius 1 is 1.00 bits per heavy atom. The second-order valence-corrected chi connectivity index (χ2v) is 4.48. The third-order valence-corrected chi connectivity index (χ3v) is 3.06. The maximum atomic E-state index is 12.2. The van der Waals surface area contributed by atoms with Crippen molar-refractivity contribution >= 4 is 17.5 Å². The number of aromatic carboxylic acids is 1. The number of rotatable bonds is 5. The molecule has 0 saturated carbocycles. The zero-order chi connectivity index (χ0) is 16.1.